The maximum absolute atomic E-state index is 11.6. The number of hydrogen-bond acceptors (Lipinski definition) is 6. The molecule has 0 bridgehead atoms. The van der Waals surface area contributed by atoms with E-state index >= 15 is 0 Å². The molecule has 1 amide bonds. The summed E-state index contributed by atoms with van der Waals surface area (Å²) in [5.41, 5.74) is 0. The Labute approximate surface area is 176 Å². The Kier molecular flexibility index (Phi) is 19.6. The molecule has 1 N–H and O–H groups in total. The zero-order chi connectivity index (χ0) is 20.9. The number of unbranched alkanes of at least 4 members (excludes halogenated alkanes) is 10. The fraction of sp³-hybridized carbons (Fsp3) is 0.857. The Morgan fingerprint density at radius 3 is 1.61 bits per heavy atom. The first-order valence-electron chi connectivity index (χ1n) is 10.8. The van der Waals surface area contributed by atoms with Gasteiger partial charge in [0.05, 0.1) is 19.6 Å². The van der Waals surface area contributed by atoms with Gasteiger partial charge in [-0.05, 0) is 6.42 Å². The topological polar surface area (TPSA) is 81.7 Å². The molecule has 0 aromatic carbocycles. The largest absolute Gasteiger partial charge is 0.466 e. The fourth-order valence-corrected chi connectivity index (χ4v) is 2.89. The minimum absolute atomic E-state index is 0.0189. The lowest BCUT2D eigenvalue weighted by atomic mass is 10.1. The highest BCUT2D eigenvalue weighted by Gasteiger charge is 2.07. The summed E-state index contributed by atoms with van der Waals surface area (Å²) < 4.78 is 12.2. The fourth-order valence-electron chi connectivity index (χ4n) is 2.78. The molecule has 0 aromatic rings. The predicted molar refractivity (Wildman–Crippen MR) is 114 cm³/mol. The number of nitrogens with one attached hydrogen (secondary N) is 1. The van der Waals surface area contributed by atoms with Crippen molar-refractivity contribution in [3.8, 4) is 0 Å². The van der Waals surface area contributed by atoms with Crippen LogP contribution in [0, 0.1) is 0 Å². The molecule has 0 unspecified atom stereocenters. The van der Waals surface area contributed by atoms with Gasteiger partial charge >= 0.3 is 11.9 Å². The van der Waals surface area contributed by atoms with Gasteiger partial charge in [-0.2, -0.15) is 0 Å². The van der Waals surface area contributed by atoms with Gasteiger partial charge in [-0.3, -0.25) is 14.4 Å². The van der Waals surface area contributed by atoms with E-state index in [1.54, 1.807) is 0 Å². The molecular formula is C21H39NO5S. The van der Waals surface area contributed by atoms with E-state index in [1.165, 1.54) is 57.8 Å². The Bertz CT molecular complexity index is 418. The Morgan fingerprint density at radius 2 is 1.11 bits per heavy atom. The molecule has 0 atom stereocenters. The molecule has 0 aliphatic rings. The average Bonchev–Trinajstić information content (AvgIpc) is 2.69. The number of thiol groups is 1. The second-order valence-electron chi connectivity index (χ2n) is 7.12. The minimum Gasteiger partial charge on any atom is -0.466 e. The monoisotopic (exact) mass is 417 g/mol. The summed E-state index contributed by atoms with van der Waals surface area (Å²) in [5.74, 6) is -0.950. The Morgan fingerprint density at radius 1 is 0.643 bits per heavy atom. The lowest BCUT2D eigenvalue weighted by molar-refractivity contribution is -0.147. The van der Waals surface area contributed by atoms with Crippen LogP contribution in [0.2, 0.25) is 0 Å². The van der Waals surface area contributed by atoms with Crippen LogP contribution in [-0.4, -0.2) is 31.1 Å². The molecule has 0 rings (SSSR count). The van der Waals surface area contributed by atoms with Crippen LogP contribution < -0.4 is 4.72 Å². The molecule has 0 saturated heterocycles. The minimum atomic E-state index is -0.441. The van der Waals surface area contributed by atoms with Gasteiger partial charge in [0, 0.05) is 19.3 Å². The first-order chi connectivity index (χ1) is 13.6. The van der Waals surface area contributed by atoms with Gasteiger partial charge in [-0.15, -0.1) is 0 Å². The first-order valence-corrected chi connectivity index (χ1v) is 11.3. The molecule has 0 heterocycles. The van der Waals surface area contributed by atoms with Gasteiger partial charge in [0.25, 0.3) is 0 Å². The average molecular weight is 418 g/mol. The van der Waals surface area contributed by atoms with Crippen LogP contribution in [0.15, 0.2) is 0 Å². The molecule has 6 nitrogen and oxygen atoms in total. The molecule has 0 aliphatic heterocycles. The quantitative estimate of drug-likeness (QED) is 0.177. The number of ether oxygens (including phenoxy) is 2. The molecule has 0 radical (unpaired) electrons. The molecule has 7 heteroatoms. The van der Waals surface area contributed by atoms with E-state index in [4.69, 9.17) is 9.47 Å². The van der Waals surface area contributed by atoms with Crippen LogP contribution in [-0.2, 0) is 23.9 Å². The molecule has 0 saturated carbocycles. The number of esters is 2. The standard InChI is InChI=1S/C21H39NO5S/c1-2-3-4-5-6-7-8-9-10-11-12-14-20(24)26-17-13-18-27-21(25)16-15-19(23)22-28/h28H,2-18H2,1H3,(H,22,23). The maximum atomic E-state index is 11.6. The van der Waals surface area contributed by atoms with Gasteiger partial charge in [0.2, 0.25) is 5.91 Å². The molecule has 28 heavy (non-hydrogen) atoms. The summed E-state index contributed by atoms with van der Waals surface area (Å²) in [7, 11) is 0. The highest BCUT2D eigenvalue weighted by atomic mass is 32.1. The van der Waals surface area contributed by atoms with E-state index in [0.717, 1.165) is 12.8 Å². The normalized spacial score (nSPS) is 10.5. The summed E-state index contributed by atoms with van der Waals surface area (Å²) in [4.78, 5) is 33.9. The maximum Gasteiger partial charge on any atom is 0.306 e. The SMILES string of the molecule is CCCCCCCCCCCCCC(=O)OCCCOC(=O)CCC(=O)NS. The van der Waals surface area contributed by atoms with E-state index in [0.29, 0.717) is 12.8 Å². The molecule has 0 aliphatic carbocycles. The van der Waals surface area contributed by atoms with Crippen molar-refractivity contribution in [2.24, 2.45) is 0 Å². The van der Waals surface area contributed by atoms with Crippen LogP contribution in [0.25, 0.3) is 0 Å². The number of carbonyl (C=O) groups is 3. The van der Waals surface area contributed by atoms with Crippen molar-refractivity contribution in [2.45, 2.75) is 103 Å². The third kappa shape index (κ3) is 19.5. The highest BCUT2D eigenvalue weighted by Crippen LogP contribution is 2.12. The molecule has 0 spiro atoms. The van der Waals surface area contributed by atoms with Gasteiger partial charge in [0.1, 0.15) is 0 Å². The van der Waals surface area contributed by atoms with E-state index in [9.17, 15) is 14.4 Å². The number of amides is 1. The van der Waals surface area contributed by atoms with Crippen molar-refractivity contribution in [3.05, 3.63) is 0 Å². The Balaban J connectivity index is 3.31. The van der Waals surface area contributed by atoms with Crippen molar-refractivity contribution in [1.82, 2.24) is 4.72 Å². The number of carbonyl (C=O) groups excluding carboxylic acids is 3. The molecule has 0 aromatic heterocycles. The number of rotatable bonds is 19. The van der Waals surface area contributed by atoms with Crippen molar-refractivity contribution in [3.63, 3.8) is 0 Å². The predicted octanol–water partition coefficient (Wildman–Crippen LogP) is 4.91. The smallest absolute Gasteiger partial charge is 0.306 e. The van der Waals surface area contributed by atoms with Crippen molar-refractivity contribution in [1.29, 1.82) is 0 Å². The molecule has 164 valence electrons. The summed E-state index contributed by atoms with van der Waals surface area (Å²) in [6.07, 6.45) is 14.8. The van der Waals surface area contributed by atoms with Crippen molar-refractivity contribution in [2.75, 3.05) is 13.2 Å². The van der Waals surface area contributed by atoms with Crippen LogP contribution in [0.4, 0.5) is 0 Å². The van der Waals surface area contributed by atoms with E-state index < -0.39 is 5.97 Å². The second-order valence-corrected chi connectivity index (χ2v) is 7.34. The van der Waals surface area contributed by atoms with Crippen LogP contribution in [0.1, 0.15) is 103 Å². The molecular weight excluding hydrogens is 378 g/mol. The van der Waals surface area contributed by atoms with Crippen molar-refractivity contribution >= 4 is 30.7 Å². The highest BCUT2D eigenvalue weighted by molar-refractivity contribution is 7.78. The van der Waals surface area contributed by atoms with E-state index in [1.807, 2.05) is 0 Å². The molecule has 0 fully saturated rings. The zero-order valence-electron chi connectivity index (χ0n) is 17.5. The number of hydrogen-bond donors (Lipinski definition) is 2. The third-order valence-electron chi connectivity index (χ3n) is 4.48. The van der Waals surface area contributed by atoms with Crippen molar-refractivity contribution < 1.29 is 23.9 Å². The van der Waals surface area contributed by atoms with Gasteiger partial charge in [-0.1, -0.05) is 83.9 Å². The summed E-state index contributed by atoms with van der Waals surface area (Å²) in [6, 6.07) is 0. The van der Waals surface area contributed by atoms with Crippen LogP contribution >= 0.6 is 12.8 Å². The Hall–Kier alpha value is -1.24. The third-order valence-corrected chi connectivity index (χ3v) is 4.73. The lowest BCUT2D eigenvalue weighted by Crippen LogP contribution is -2.16. The van der Waals surface area contributed by atoms with Gasteiger partial charge in [0.15, 0.2) is 0 Å². The summed E-state index contributed by atoms with van der Waals surface area (Å²) >= 11 is 3.60. The van der Waals surface area contributed by atoms with Crippen LogP contribution in [0.5, 0.6) is 0 Å². The lowest BCUT2D eigenvalue weighted by Gasteiger charge is -2.06. The summed E-state index contributed by atoms with van der Waals surface area (Å²) in [6.45, 7) is 2.68. The van der Waals surface area contributed by atoms with Gasteiger partial charge < -0.3 is 14.2 Å². The second kappa shape index (κ2) is 20.5. The van der Waals surface area contributed by atoms with E-state index in [2.05, 4.69) is 24.5 Å². The van der Waals surface area contributed by atoms with Gasteiger partial charge in [-0.25, -0.2) is 0 Å². The van der Waals surface area contributed by atoms with Crippen LogP contribution in [0.3, 0.4) is 0 Å². The zero-order valence-corrected chi connectivity index (χ0v) is 18.4. The van der Waals surface area contributed by atoms with E-state index in [-0.39, 0.29) is 37.9 Å². The summed E-state index contributed by atoms with van der Waals surface area (Å²) in [5, 5.41) is 0. The first kappa shape index (κ1) is 26.8.